The number of aliphatic carboxylic acids is 4. The second-order valence-electron chi connectivity index (χ2n) is 9.24. The monoisotopic (exact) mass is 658 g/mol. The first-order valence-electron chi connectivity index (χ1n) is 13.5. The number of hydrogen-bond acceptors (Lipinski definition) is 12. The fourth-order valence-corrected chi connectivity index (χ4v) is 2.73. The Bertz CT molecular complexity index is 1090. The summed E-state index contributed by atoms with van der Waals surface area (Å²) in [5.41, 5.74) is 42.6. The summed E-state index contributed by atoms with van der Waals surface area (Å²) in [6.45, 7) is 0.840. The van der Waals surface area contributed by atoms with Gasteiger partial charge < -0.3 is 76.3 Å². The van der Waals surface area contributed by atoms with Gasteiger partial charge in [0.1, 0.15) is 24.2 Å². The Morgan fingerprint density at radius 1 is 0.609 bits per heavy atom. The summed E-state index contributed by atoms with van der Waals surface area (Å²) in [6.07, 6.45) is 8.58. The van der Waals surface area contributed by atoms with Gasteiger partial charge in [0.25, 0.3) is 0 Å². The molecule has 0 saturated heterocycles. The zero-order chi connectivity index (χ0) is 35.7. The highest BCUT2D eigenvalue weighted by molar-refractivity contribution is 5.76. The molecule has 0 aliphatic heterocycles. The first-order chi connectivity index (χ1) is 21.5. The van der Waals surface area contributed by atoms with Crippen LogP contribution in [0.3, 0.4) is 0 Å². The highest BCUT2D eigenvalue weighted by Crippen LogP contribution is 1.97. The molecule has 2 aromatic heterocycles. The molecule has 0 aromatic carbocycles. The van der Waals surface area contributed by atoms with Gasteiger partial charge in [-0.15, -0.1) is 0 Å². The molecule has 0 spiro atoms. The molecule has 0 fully saturated rings. The molecule has 46 heavy (non-hydrogen) atoms. The number of carboxylic acid groups (broad SMARTS) is 4. The van der Waals surface area contributed by atoms with Crippen LogP contribution >= 0.6 is 0 Å². The molecule has 4 atom stereocenters. The third-order valence-corrected chi connectivity index (χ3v) is 5.19. The number of aliphatic imine (C=N–C) groups is 2. The Morgan fingerprint density at radius 2 is 0.913 bits per heavy atom. The van der Waals surface area contributed by atoms with Gasteiger partial charge >= 0.3 is 23.9 Å². The molecule has 22 nitrogen and oxygen atoms in total. The number of hydrogen-bond donors (Lipinski definition) is 14. The lowest BCUT2D eigenvalue weighted by atomic mass is 10.2. The fraction of sp³-hybridized carbons (Fsp3) is 0.500. The van der Waals surface area contributed by atoms with E-state index in [2.05, 4.69) is 29.9 Å². The highest BCUT2D eigenvalue weighted by atomic mass is 16.4. The van der Waals surface area contributed by atoms with E-state index in [-0.39, 0.29) is 24.8 Å². The number of guanidine groups is 2. The van der Waals surface area contributed by atoms with Crippen LogP contribution in [0.5, 0.6) is 0 Å². The van der Waals surface area contributed by atoms with Crippen LogP contribution in [0.15, 0.2) is 35.0 Å². The Labute approximate surface area is 263 Å². The third kappa shape index (κ3) is 25.2. The summed E-state index contributed by atoms with van der Waals surface area (Å²) in [5, 5.41) is 33.6. The molecule has 0 aliphatic rings. The topological polar surface area (TPSA) is 439 Å². The van der Waals surface area contributed by atoms with Gasteiger partial charge in [0.15, 0.2) is 11.9 Å². The first kappa shape index (κ1) is 42.8. The maximum absolute atomic E-state index is 10.3. The van der Waals surface area contributed by atoms with Crippen molar-refractivity contribution in [3.8, 4) is 0 Å². The number of H-pyrrole nitrogens is 2. The van der Waals surface area contributed by atoms with Crippen LogP contribution in [-0.4, -0.2) is 113 Å². The molecule has 4 unspecified atom stereocenters. The van der Waals surface area contributed by atoms with Crippen LogP contribution < -0.4 is 45.9 Å². The first-order valence-corrected chi connectivity index (χ1v) is 13.5. The van der Waals surface area contributed by atoms with Crippen molar-refractivity contribution in [2.75, 3.05) is 13.1 Å². The van der Waals surface area contributed by atoms with Gasteiger partial charge in [-0.05, 0) is 25.7 Å². The number of imidazole rings is 2. The molecular formula is C24H46N14O8. The summed E-state index contributed by atoms with van der Waals surface area (Å²) in [4.78, 5) is 61.3. The van der Waals surface area contributed by atoms with E-state index >= 15 is 0 Å². The Balaban J connectivity index is 0. The predicted octanol–water partition coefficient (Wildman–Crippen LogP) is -4.37. The number of aromatic amines is 2. The molecule has 2 rings (SSSR count). The van der Waals surface area contributed by atoms with Crippen LogP contribution in [0.1, 0.15) is 37.1 Å². The molecule has 0 radical (unpaired) electrons. The van der Waals surface area contributed by atoms with E-state index in [1.54, 1.807) is 12.4 Å². The van der Waals surface area contributed by atoms with Gasteiger partial charge in [-0.3, -0.25) is 29.2 Å². The van der Waals surface area contributed by atoms with Crippen molar-refractivity contribution >= 4 is 35.8 Å². The summed E-state index contributed by atoms with van der Waals surface area (Å²) >= 11 is 0. The summed E-state index contributed by atoms with van der Waals surface area (Å²) in [5.74, 6) is -3.98. The third-order valence-electron chi connectivity index (χ3n) is 5.19. The molecule has 0 saturated carbocycles. The van der Waals surface area contributed by atoms with Crippen LogP contribution in [0.4, 0.5) is 0 Å². The molecule has 260 valence electrons. The number of nitrogens with zero attached hydrogens (tertiary/aromatic N) is 4. The minimum Gasteiger partial charge on any atom is -0.480 e. The maximum atomic E-state index is 10.3. The highest BCUT2D eigenvalue weighted by Gasteiger charge is 2.13. The summed E-state index contributed by atoms with van der Waals surface area (Å²) in [6, 6.07) is -3.34. The molecule has 0 aliphatic carbocycles. The van der Waals surface area contributed by atoms with E-state index in [1.165, 1.54) is 12.7 Å². The average Bonchev–Trinajstić information content (AvgIpc) is 3.68. The van der Waals surface area contributed by atoms with Gasteiger partial charge in [0.2, 0.25) is 0 Å². The Kier molecular flexibility index (Phi) is 23.3. The van der Waals surface area contributed by atoms with Gasteiger partial charge in [-0.2, -0.15) is 0 Å². The smallest absolute Gasteiger partial charge is 0.320 e. The van der Waals surface area contributed by atoms with E-state index in [4.69, 9.17) is 66.3 Å². The lowest BCUT2D eigenvalue weighted by Gasteiger charge is -2.03. The second kappa shape index (κ2) is 25.1. The largest absolute Gasteiger partial charge is 0.480 e. The standard InChI is InChI=1S/2C6H14N4O2.2C6H9N3O2/c2*7-4(5(11)12)2-1-3-10-6(8)9;2*7-5(6(10)11)1-4-2-8-3-9-4/h2*4H,1-3,7H2,(H,11,12)(H4,8,9,10);2*2-3,5H,1,7H2,(H,8,9)(H,10,11). The van der Waals surface area contributed by atoms with Crippen LogP contribution in [0, 0.1) is 0 Å². The number of rotatable bonds is 16. The van der Waals surface area contributed by atoms with E-state index in [0.717, 1.165) is 11.4 Å². The van der Waals surface area contributed by atoms with Crippen LogP contribution in [-0.2, 0) is 32.0 Å². The molecule has 22 heteroatoms. The normalized spacial score (nSPS) is 12.4. The molecule has 0 bridgehead atoms. The number of nitrogens with two attached hydrogens (primary N) is 8. The number of carbonyl (C=O) groups is 4. The van der Waals surface area contributed by atoms with Crippen molar-refractivity contribution in [1.29, 1.82) is 0 Å². The van der Waals surface area contributed by atoms with Crippen molar-refractivity contribution in [3.05, 3.63) is 36.4 Å². The Hall–Kier alpha value is -5.32. The lowest BCUT2D eigenvalue weighted by molar-refractivity contribution is -0.139. The molecule has 0 amide bonds. The maximum Gasteiger partial charge on any atom is 0.320 e. The van der Waals surface area contributed by atoms with Crippen molar-refractivity contribution in [3.63, 3.8) is 0 Å². The number of aromatic nitrogens is 4. The van der Waals surface area contributed by atoms with E-state index < -0.39 is 48.0 Å². The van der Waals surface area contributed by atoms with Crippen molar-refractivity contribution in [2.45, 2.75) is 62.7 Å². The van der Waals surface area contributed by atoms with Crippen molar-refractivity contribution < 1.29 is 39.6 Å². The lowest BCUT2D eigenvalue weighted by Crippen LogP contribution is -2.32. The van der Waals surface area contributed by atoms with Gasteiger partial charge in [-0.25, -0.2) is 9.97 Å². The van der Waals surface area contributed by atoms with Crippen molar-refractivity contribution in [1.82, 2.24) is 19.9 Å². The van der Waals surface area contributed by atoms with E-state index in [0.29, 0.717) is 38.8 Å². The zero-order valence-electron chi connectivity index (χ0n) is 25.1. The Morgan fingerprint density at radius 3 is 1.13 bits per heavy atom. The minimum atomic E-state index is -1.00. The average molecular weight is 659 g/mol. The molecule has 22 N–H and O–H groups in total. The second-order valence-corrected chi connectivity index (χ2v) is 9.24. The zero-order valence-corrected chi connectivity index (χ0v) is 25.1. The summed E-state index contributed by atoms with van der Waals surface area (Å²) < 4.78 is 0. The van der Waals surface area contributed by atoms with Gasteiger partial charge in [0.05, 0.1) is 12.7 Å². The van der Waals surface area contributed by atoms with Gasteiger partial charge in [-0.1, -0.05) is 0 Å². The number of carboxylic acids is 4. The predicted molar refractivity (Wildman–Crippen MR) is 167 cm³/mol. The van der Waals surface area contributed by atoms with Gasteiger partial charge in [0, 0.05) is 49.7 Å². The van der Waals surface area contributed by atoms with Crippen molar-refractivity contribution in [2.24, 2.45) is 55.9 Å². The van der Waals surface area contributed by atoms with E-state index in [9.17, 15) is 19.2 Å². The van der Waals surface area contributed by atoms with Crippen LogP contribution in [0.2, 0.25) is 0 Å². The van der Waals surface area contributed by atoms with E-state index in [1.807, 2.05) is 0 Å². The number of nitrogens with one attached hydrogen (secondary N) is 2. The summed E-state index contributed by atoms with van der Waals surface area (Å²) in [7, 11) is 0. The SMILES string of the molecule is NC(Cc1cnc[nH]1)C(=O)O.NC(Cc1cnc[nH]1)C(=O)O.NC(N)=NCCCC(N)C(=O)O.NC(N)=NCCCC(N)C(=O)O. The molecule has 2 aromatic rings. The quantitative estimate of drug-likeness (QED) is 0.0460. The van der Waals surface area contributed by atoms with Crippen LogP contribution in [0.25, 0.3) is 0 Å². The minimum absolute atomic E-state index is 0.0129. The fourth-order valence-electron chi connectivity index (χ4n) is 2.73. The molecular weight excluding hydrogens is 612 g/mol. The molecule has 2 heterocycles.